The van der Waals surface area contributed by atoms with Crippen molar-refractivity contribution in [2.24, 2.45) is 0 Å². The Morgan fingerprint density at radius 3 is 2.24 bits per heavy atom. The summed E-state index contributed by atoms with van der Waals surface area (Å²) in [5, 5.41) is 6.32. The Labute approximate surface area is 201 Å². The number of hydrogen-bond acceptors (Lipinski definition) is 6. The van der Waals surface area contributed by atoms with Gasteiger partial charge in [0.2, 0.25) is 5.91 Å². The van der Waals surface area contributed by atoms with E-state index in [9.17, 15) is 9.59 Å². The van der Waals surface area contributed by atoms with Crippen molar-refractivity contribution in [3.8, 4) is 11.5 Å². The molecule has 0 aliphatic heterocycles. The van der Waals surface area contributed by atoms with Gasteiger partial charge in [-0.3, -0.25) is 9.59 Å². The number of nitrogens with zero attached hydrogens (tertiary/aromatic N) is 1. The molecule has 34 heavy (non-hydrogen) atoms. The third-order valence-electron chi connectivity index (χ3n) is 5.39. The topological polar surface area (TPSA) is 89.5 Å². The first-order chi connectivity index (χ1) is 16.4. The lowest BCUT2D eigenvalue weighted by Gasteiger charge is -2.11. The van der Waals surface area contributed by atoms with Gasteiger partial charge in [0.25, 0.3) is 5.91 Å². The summed E-state index contributed by atoms with van der Waals surface area (Å²) in [5.41, 5.74) is 4.84. The van der Waals surface area contributed by atoms with Gasteiger partial charge in [-0.2, -0.15) is 0 Å². The van der Waals surface area contributed by atoms with E-state index in [0.717, 1.165) is 27.1 Å². The number of methoxy groups -OCH3 is 2. The fourth-order valence-electron chi connectivity index (χ4n) is 3.63. The normalized spacial score (nSPS) is 10.7. The number of aryl methyl sites for hydroxylation is 2. The summed E-state index contributed by atoms with van der Waals surface area (Å²) in [4.78, 5) is 29.9. The highest BCUT2D eigenvalue weighted by atomic mass is 32.1. The molecule has 0 fully saturated rings. The molecule has 0 atom stereocenters. The van der Waals surface area contributed by atoms with E-state index in [1.807, 2.05) is 32.0 Å². The van der Waals surface area contributed by atoms with Crippen LogP contribution >= 0.6 is 11.3 Å². The number of fused-ring (bicyclic) bond motifs is 1. The second-order valence-electron chi connectivity index (χ2n) is 7.87. The summed E-state index contributed by atoms with van der Waals surface area (Å²) in [7, 11) is 3.13. The maximum Gasteiger partial charge on any atom is 0.255 e. The molecule has 4 rings (SSSR count). The van der Waals surface area contributed by atoms with Crippen LogP contribution in [0.5, 0.6) is 11.5 Å². The molecule has 0 bridgehead atoms. The second-order valence-corrected chi connectivity index (χ2v) is 8.90. The standard InChI is InChI=1S/C26H25N3O4S/c1-15-6-5-7-16(2)24(15)29-25(31)18-8-9-21-22(13-18)34-26(27-21)28-23(30)12-17-10-19(32-3)14-20(11-17)33-4/h5-11,13-14H,12H2,1-4H3,(H,29,31)(H,27,28,30). The number of ether oxygens (including phenoxy) is 2. The maximum atomic E-state index is 12.8. The summed E-state index contributed by atoms with van der Waals surface area (Å²) in [5.74, 6) is 0.843. The van der Waals surface area contributed by atoms with Gasteiger partial charge in [-0.15, -0.1) is 0 Å². The zero-order chi connectivity index (χ0) is 24.2. The molecule has 4 aromatic rings. The smallest absolute Gasteiger partial charge is 0.255 e. The van der Waals surface area contributed by atoms with Crippen LogP contribution in [0.2, 0.25) is 0 Å². The summed E-state index contributed by atoms with van der Waals surface area (Å²) in [6.07, 6.45) is 0.146. The van der Waals surface area contributed by atoms with Crippen LogP contribution in [0.25, 0.3) is 10.2 Å². The van der Waals surface area contributed by atoms with Crippen LogP contribution in [-0.4, -0.2) is 31.0 Å². The Morgan fingerprint density at radius 1 is 0.912 bits per heavy atom. The molecule has 2 N–H and O–H groups in total. The van der Waals surface area contributed by atoms with Crippen molar-refractivity contribution in [2.75, 3.05) is 24.9 Å². The Morgan fingerprint density at radius 2 is 1.59 bits per heavy atom. The van der Waals surface area contributed by atoms with Crippen LogP contribution < -0.4 is 20.1 Å². The summed E-state index contributed by atoms with van der Waals surface area (Å²) in [6, 6.07) is 16.5. The lowest BCUT2D eigenvalue weighted by molar-refractivity contribution is -0.115. The van der Waals surface area contributed by atoms with E-state index in [-0.39, 0.29) is 18.2 Å². The van der Waals surface area contributed by atoms with Crippen molar-refractivity contribution in [1.29, 1.82) is 0 Å². The fourth-order valence-corrected chi connectivity index (χ4v) is 4.56. The number of hydrogen-bond donors (Lipinski definition) is 2. The number of anilines is 2. The molecule has 3 aromatic carbocycles. The van der Waals surface area contributed by atoms with E-state index in [1.165, 1.54) is 11.3 Å². The Kier molecular flexibility index (Phi) is 6.79. The van der Waals surface area contributed by atoms with E-state index in [0.29, 0.717) is 27.7 Å². The second kappa shape index (κ2) is 9.93. The molecule has 7 nitrogen and oxygen atoms in total. The molecule has 174 valence electrons. The van der Waals surface area contributed by atoms with E-state index < -0.39 is 0 Å². The number of para-hydroxylation sites is 1. The third-order valence-corrected chi connectivity index (χ3v) is 6.33. The Bertz CT molecular complexity index is 1340. The molecule has 0 radical (unpaired) electrons. The average Bonchev–Trinajstić information content (AvgIpc) is 3.22. The van der Waals surface area contributed by atoms with Crippen LogP contribution in [0.1, 0.15) is 27.0 Å². The van der Waals surface area contributed by atoms with Crippen molar-refractivity contribution in [3.63, 3.8) is 0 Å². The summed E-state index contributed by atoms with van der Waals surface area (Å²) < 4.78 is 11.3. The van der Waals surface area contributed by atoms with Gasteiger partial charge >= 0.3 is 0 Å². The number of nitrogens with one attached hydrogen (secondary N) is 2. The van der Waals surface area contributed by atoms with Crippen molar-refractivity contribution in [3.05, 3.63) is 76.9 Å². The van der Waals surface area contributed by atoms with E-state index in [4.69, 9.17) is 9.47 Å². The minimum absolute atomic E-state index is 0.146. The first-order valence-corrected chi connectivity index (χ1v) is 11.5. The zero-order valence-corrected chi connectivity index (χ0v) is 20.2. The largest absolute Gasteiger partial charge is 0.497 e. The molecular weight excluding hydrogens is 450 g/mol. The van der Waals surface area contributed by atoms with Gasteiger partial charge in [0.05, 0.1) is 30.9 Å². The minimum Gasteiger partial charge on any atom is -0.497 e. The summed E-state index contributed by atoms with van der Waals surface area (Å²) >= 11 is 1.32. The van der Waals surface area contributed by atoms with Gasteiger partial charge in [-0.1, -0.05) is 29.5 Å². The lowest BCUT2D eigenvalue weighted by Crippen LogP contribution is -2.14. The quantitative estimate of drug-likeness (QED) is 0.375. The van der Waals surface area contributed by atoms with E-state index in [2.05, 4.69) is 15.6 Å². The van der Waals surface area contributed by atoms with E-state index in [1.54, 1.807) is 50.6 Å². The van der Waals surface area contributed by atoms with Crippen LogP contribution in [0, 0.1) is 13.8 Å². The zero-order valence-electron chi connectivity index (χ0n) is 19.4. The number of aromatic nitrogens is 1. The predicted octanol–water partition coefficient (Wildman–Crippen LogP) is 5.36. The third kappa shape index (κ3) is 5.18. The molecule has 0 saturated carbocycles. The molecule has 0 spiro atoms. The van der Waals surface area contributed by atoms with Crippen molar-refractivity contribution in [1.82, 2.24) is 4.98 Å². The van der Waals surface area contributed by atoms with Gasteiger partial charge in [0.15, 0.2) is 5.13 Å². The van der Waals surface area contributed by atoms with Crippen molar-refractivity contribution < 1.29 is 19.1 Å². The van der Waals surface area contributed by atoms with E-state index >= 15 is 0 Å². The molecule has 0 saturated heterocycles. The van der Waals surface area contributed by atoms with Gasteiger partial charge in [-0.25, -0.2) is 4.98 Å². The van der Waals surface area contributed by atoms with Crippen LogP contribution in [-0.2, 0) is 11.2 Å². The molecule has 0 unspecified atom stereocenters. The highest BCUT2D eigenvalue weighted by Gasteiger charge is 2.14. The van der Waals surface area contributed by atoms with Gasteiger partial charge in [-0.05, 0) is 60.9 Å². The number of thiazole rings is 1. The molecular formula is C26H25N3O4S. The summed E-state index contributed by atoms with van der Waals surface area (Å²) in [6.45, 7) is 3.93. The highest BCUT2D eigenvalue weighted by Crippen LogP contribution is 2.28. The van der Waals surface area contributed by atoms with Gasteiger partial charge in [0.1, 0.15) is 11.5 Å². The van der Waals surface area contributed by atoms with Crippen LogP contribution in [0.15, 0.2) is 54.6 Å². The van der Waals surface area contributed by atoms with Gasteiger partial charge < -0.3 is 20.1 Å². The molecule has 0 aliphatic rings. The van der Waals surface area contributed by atoms with Crippen molar-refractivity contribution >= 4 is 44.2 Å². The molecule has 1 heterocycles. The van der Waals surface area contributed by atoms with Crippen molar-refractivity contribution in [2.45, 2.75) is 20.3 Å². The fraction of sp³-hybridized carbons (Fsp3) is 0.192. The first-order valence-electron chi connectivity index (χ1n) is 10.7. The molecule has 1 aromatic heterocycles. The first kappa shape index (κ1) is 23.3. The number of amides is 2. The SMILES string of the molecule is COc1cc(CC(=O)Nc2nc3ccc(C(=O)Nc4c(C)cccc4C)cc3s2)cc(OC)c1. The number of carbonyl (C=O) groups is 2. The highest BCUT2D eigenvalue weighted by molar-refractivity contribution is 7.22. The Hall–Kier alpha value is -3.91. The molecule has 0 aliphatic carbocycles. The number of rotatable bonds is 7. The molecule has 8 heteroatoms. The lowest BCUT2D eigenvalue weighted by atomic mass is 10.1. The Balaban J connectivity index is 1.48. The van der Waals surface area contributed by atoms with Crippen LogP contribution in [0.3, 0.4) is 0 Å². The molecule has 2 amide bonds. The number of carbonyl (C=O) groups excluding carboxylic acids is 2. The minimum atomic E-state index is -0.206. The predicted molar refractivity (Wildman–Crippen MR) is 135 cm³/mol. The monoisotopic (exact) mass is 475 g/mol. The number of benzene rings is 3. The average molecular weight is 476 g/mol. The van der Waals surface area contributed by atoms with Gasteiger partial charge in [0, 0.05) is 17.3 Å². The maximum absolute atomic E-state index is 12.8. The van der Waals surface area contributed by atoms with Crippen LogP contribution in [0.4, 0.5) is 10.8 Å².